The Morgan fingerprint density at radius 2 is 2.03 bits per heavy atom. The second-order valence-electron chi connectivity index (χ2n) is 7.33. The van der Waals surface area contributed by atoms with E-state index in [-0.39, 0.29) is 30.7 Å². The smallest absolute Gasteiger partial charge is 0.275 e. The molecule has 1 amide bonds. The quantitative estimate of drug-likeness (QED) is 0.610. The van der Waals surface area contributed by atoms with Gasteiger partial charge in [0.2, 0.25) is 5.91 Å². The molecule has 0 aliphatic rings. The fourth-order valence-electron chi connectivity index (χ4n) is 3.36. The van der Waals surface area contributed by atoms with Gasteiger partial charge in [0.1, 0.15) is 17.8 Å². The summed E-state index contributed by atoms with van der Waals surface area (Å²) in [6.45, 7) is 3.79. The van der Waals surface area contributed by atoms with Gasteiger partial charge in [-0.1, -0.05) is 12.1 Å². The van der Waals surface area contributed by atoms with E-state index in [0.717, 1.165) is 11.1 Å². The van der Waals surface area contributed by atoms with Crippen LogP contribution in [0.5, 0.6) is 5.75 Å². The first-order chi connectivity index (χ1) is 13.9. The van der Waals surface area contributed by atoms with Gasteiger partial charge in [-0.3, -0.25) is 14.2 Å². The van der Waals surface area contributed by atoms with Crippen molar-refractivity contribution in [1.82, 2.24) is 14.3 Å². The molecule has 2 N–H and O–H groups in total. The summed E-state index contributed by atoms with van der Waals surface area (Å²) in [5.74, 6) is 0.451. The van der Waals surface area contributed by atoms with E-state index in [1.54, 1.807) is 11.5 Å². The normalized spacial score (nSPS) is 11.2. The average molecular weight is 397 g/mol. The Morgan fingerprint density at radius 3 is 2.72 bits per heavy atom. The molecule has 0 fully saturated rings. The Morgan fingerprint density at radius 1 is 1.24 bits per heavy atom. The molecule has 7 nitrogen and oxygen atoms in total. The van der Waals surface area contributed by atoms with Crippen molar-refractivity contribution in [3.8, 4) is 17.0 Å². The molecule has 2 aromatic heterocycles. The molecular formula is C22H27N3O4. The van der Waals surface area contributed by atoms with Crippen LogP contribution >= 0.6 is 0 Å². The number of aliphatic hydroxyl groups excluding tert-OH is 1. The molecule has 154 valence electrons. The van der Waals surface area contributed by atoms with E-state index in [9.17, 15) is 9.59 Å². The van der Waals surface area contributed by atoms with Crippen LogP contribution in [0, 0.1) is 0 Å². The fraction of sp³-hybridized carbons (Fsp3) is 0.364. The van der Waals surface area contributed by atoms with Gasteiger partial charge in [-0.2, -0.15) is 0 Å². The van der Waals surface area contributed by atoms with E-state index in [2.05, 4.69) is 5.32 Å². The summed E-state index contributed by atoms with van der Waals surface area (Å²) in [4.78, 5) is 25.7. The summed E-state index contributed by atoms with van der Waals surface area (Å²) in [6, 6.07) is 9.22. The predicted octanol–water partition coefficient (Wildman–Crippen LogP) is 2.23. The maximum absolute atomic E-state index is 13.3. The monoisotopic (exact) mass is 397 g/mol. The second kappa shape index (κ2) is 8.96. The van der Waals surface area contributed by atoms with E-state index in [1.165, 1.54) is 4.57 Å². The third-order valence-corrected chi connectivity index (χ3v) is 4.66. The minimum Gasteiger partial charge on any atom is -0.497 e. The fourth-order valence-corrected chi connectivity index (χ4v) is 3.36. The summed E-state index contributed by atoms with van der Waals surface area (Å²) < 4.78 is 8.61. The number of carbonyl (C=O) groups is 1. The van der Waals surface area contributed by atoms with Gasteiger partial charge in [-0.25, -0.2) is 0 Å². The Labute approximate surface area is 169 Å². The first-order valence-corrected chi connectivity index (χ1v) is 9.72. The molecular weight excluding hydrogens is 370 g/mol. The Hall–Kier alpha value is -3.06. The number of hydrogen-bond donors (Lipinski definition) is 2. The number of nitrogens with one attached hydrogen (secondary N) is 1. The van der Waals surface area contributed by atoms with Crippen LogP contribution in [0.4, 0.5) is 0 Å². The minimum atomic E-state index is -0.237. The van der Waals surface area contributed by atoms with Crippen molar-refractivity contribution in [2.45, 2.75) is 39.3 Å². The molecule has 0 saturated heterocycles. The van der Waals surface area contributed by atoms with Crippen molar-refractivity contribution in [3.63, 3.8) is 0 Å². The second-order valence-corrected chi connectivity index (χ2v) is 7.33. The maximum atomic E-state index is 13.3. The zero-order valence-corrected chi connectivity index (χ0v) is 17.0. The number of benzene rings is 1. The average Bonchev–Trinajstić information content (AvgIpc) is 3.11. The molecule has 0 saturated carbocycles. The van der Waals surface area contributed by atoms with E-state index in [0.29, 0.717) is 29.8 Å². The number of amides is 1. The zero-order valence-electron chi connectivity index (χ0n) is 17.0. The SMILES string of the molecule is COc1cccc(-c2cn3cc(CCCO)cc3c(=O)n2CC(=O)NC(C)C)c1. The number of nitrogens with zero attached hydrogens (tertiary/aromatic N) is 2. The number of methoxy groups -OCH3 is 1. The third kappa shape index (κ3) is 4.68. The topological polar surface area (TPSA) is 85.0 Å². The van der Waals surface area contributed by atoms with Gasteiger partial charge in [-0.15, -0.1) is 0 Å². The van der Waals surface area contributed by atoms with Crippen LogP contribution < -0.4 is 15.6 Å². The van der Waals surface area contributed by atoms with Crippen LogP contribution in [0.2, 0.25) is 0 Å². The molecule has 7 heteroatoms. The number of aliphatic hydroxyl groups is 1. The van der Waals surface area contributed by atoms with Crippen molar-refractivity contribution in [2.24, 2.45) is 0 Å². The molecule has 0 aliphatic carbocycles. The molecule has 0 spiro atoms. The van der Waals surface area contributed by atoms with Gasteiger partial charge in [0.15, 0.2) is 0 Å². The van der Waals surface area contributed by atoms with Crippen molar-refractivity contribution < 1.29 is 14.6 Å². The van der Waals surface area contributed by atoms with Gasteiger partial charge in [0, 0.05) is 30.6 Å². The molecule has 3 rings (SSSR count). The lowest BCUT2D eigenvalue weighted by molar-refractivity contribution is -0.122. The van der Waals surface area contributed by atoms with Crippen molar-refractivity contribution in [1.29, 1.82) is 0 Å². The van der Waals surface area contributed by atoms with Gasteiger partial charge in [0.25, 0.3) is 5.56 Å². The highest BCUT2D eigenvalue weighted by atomic mass is 16.5. The molecule has 0 aliphatic heterocycles. The minimum absolute atomic E-state index is 0.0133. The van der Waals surface area contributed by atoms with E-state index >= 15 is 0 Å². The number of rotatable bonds is 8. The molecule has 29 heavy (non-hydrogen) atoms. The molecule has 3 aromatic rings. The van der Waals surface area contributed by atoms with E-state index in [4.69, 9.17) is 9.84 Å². The zero-order chi connectivity index (χ0) is 21.0. The molecule has 0 bridgehead atoms. The summed E-state index contributed by atoms with van der Waals surface area (Å²) in [6.07, 6.45) is 5.07. The standard InChI is InChI=1S/C22H27N3O4/c1-15(2)23-21(27)14-25-20(17-7-4-8-18(11-17)29-3)13-24-12-16(6-5-9-26)10-19(24)22(25)28/h4,7-8,10-13,15,26H,5-6,9,14H2,1-3H3,(H,23,27). The largest absolute Gasteiger partial charge is 0.497 e. The highest BCUT2D eigenvalue weighted by Crippen LogP contribution is 2.24. The van der Waals surface area contributed by atoms with Gasteiger partial charge in [0.05, 0.1) is 12.8 Å². The van der Waals surface area contributed by atoms with Gasteiger partial charge in [-0.05, 0) is 50.5 Å². The van der Waals surface area contributed by atoms with Crippen molar-refractivity contribution >= 4 is 11.4 Å². The maximum Gasteiger partial charge on any atom is 0.275 e. The summed E-state index contributed by atoms with van der Waals surface area (Å²) in [5.41, 5.74) is 2.65. The van der Waals surface area contributed by atoms with Crippen LogP contribution in [-0.4, -0.2) is 39.7 Å². The Bertz CT molecular complexity index is 1070. The molecule has 0 radical (unpaired) electrons. The van der Waals surface area contributed by atoms with Crippen LogP contribution in [0.15, 0.2) is 47.5 Å². The lowest BCUT2D eigenvalue weighted by atomic mass is 10.1. The van der Waals surface area contributed by atoms with E-state index < -0.39 is 0 Å². The predicted molar refractivity (Wildman–Crippen MR) is 112 cm³/mol. The molecule has 1 aromatic carbocycles. The van der Waals surface area contributed by atoms with Crippen LogP contribution in [0.25, 0.3) is 16.8 Å². The number of fused-ring (bicyclic) bond motifs is 1. The van der Waals surface area contributed by atoms with E-state index in [1.807, 2.05) is 56.6 Å². The number of aromatic nitrogens is 2. The summed E-state index contributed by atoms with van der Waals surface area (Å²) >= 11 is 0. The Kier molecular flexibility index (Phi) is 6.39. The van der Waals surface area contributed by atoms with Crippen molar-refractivity contribution in [2.75, 3.05) is 13.7 Å². The number of carbonyl (C=O) groups excluding carboxylic acids is 1. The first kappa shape index (κ1) is 20.7. The first-order valence-electron chi connectivity index (χ1n) is 9.72. The summed E-state index contributed by atoms with van der Waals surface area (Å²) in [7, 11) is 1.59. The van der Waals surface area contributed by atoms with Gasteiger partial charge < -0.3 is 19.6 Å². The molecule has 0 unspecified atom stereocenters. The third-order valence-electron chi connectivity index (χ3n) is 4.66. The van der Waals surface area contributed by atoms with Crippen LogP contribution in [0.1, 0.15) is 25.8 Å². The lowest BCUT2D eigenvalue weighted by Crippen LogP contribution is -2.36. The highest BCUT2D eigenvalue weighted by molar-refractivity contribution is 5.77. The van der Waals surface area contributed by atoms with Crippen LogP contribution in [0.3, 0.4) is 0 Å². The number of hydrogen-bond acceptors (Lipinski definition) is 4. The number of aryl methyl sites for hydroxylation is 1. The summed E-state index contributed by atoms with van der Waals surface area (Å²) in [5, 5.41) is 11.9. The Balaban J connectivity index is 2.15. The molecule has 0 atom stereocenters. The number of ether oxygens (including phenoxy) is 1. The lowest BCUT2D eigenvalue weighted by Gasteiger charge is -2.16. The van der Waals surface area contributed by atoms with Crippen LogP contribution in [-0.2, 0) is 17.8 Å². The van der Waals surface area contributed by atoms with Gasteiger partial charge >= 0.3 is 0 Å². The highest BCUT2D eigenvalue weighted by Gasteiger charge is 2.16. The molecule has 2 heterocycles. The van der Waals surface area contributed by atoms with Crippen molar-refractivity contribution in [3.05, 3.63) is 58.6 Å².